The second-order valence-corrected chi connectivity index (χ2v) is 6.13. The maximum atomic E-state index is 13.0. The highest BCUT2D eigenvalue weighted by Crippen LogP contribution is 2.25. The number of aromatic nitrogens is 1. The van der Waals surface area contributed by atoms with E-state index in [9.17, 15) is 4.39 Å². The fraction of sp³-hybridized carbons (Fsp3) is 0.0909. The Balaban J connectivity index is 1.61. The Hall–Kier alpha value is -3.07. The van der Waals surface area contributed by atoms with E-state index in [2.05, 4.69) is 47.9 Å². The summed E-state index contributed by atoms with van der Waals surface area (Å²) in [4.78, 5) is 0. The minimum Gasteiger partial charge on any atom is -0.457 e. The van der Waals surface area contributed by atoms with Gasteiger partial charge < -0.3 is 9.30 Å². The molecular formula is C22H18FNO. The number of benzene rings is 3. The van der Waals surface area contributed by atoms with Crippen molar-refractivity contribution in [1.29, 1.82) is 0 Å². The van der Waals surface area contributed by atoms with Gasteiger partial charge in [-0.05, 0) is 66.4 Å². The first-order valence-electron chi connectivity index (χ1n) is 8.26. The number of para-hydroxylation sites is 1. The molecule has 2 nitrogen and oxygen atoms in total. The summed E-state index contributed by atoms with van der Waals surface area (Å²) in [7, 11) is 0. The molecular weight excluding hydrogens is 313 g/mol. The molecule has 0 saturated carbocycles. The first kappa shape index (κ1) is 15.5. The van der Waals surface area contributed by atoms with Crippen LogP contribution in [0.3, 0.4) is 0 Å². The van der Waals surface area contributed by atoms with Gasteiger partial charge in [0.25, 0.3) is 0 Å². The van der Waals surface area contributed by atoms with Gasteiger partial charge in [0.2, 0.25) is 0 Å². The van der Waals surface area contributed by atoms with Gasteiger partial charge in [0.05, 0.1) is 0 Å². The Morgan fingerprint density at radius 1 is 0.840 bits per heavy atom. The second-order valence-electron chi connectivity index (χ2n) is 6.13. The van der Waals surface area contributed by atoms with Gasteiger partial charge in [0.1, 0.15) is 17.3 Å². The van der Waals surface area contributed by atoms with Gasteiger partial charge in [-0.3, -0.25) is 0 Å². The summed E-state index contributed by atoms with van der Waals surface area (Å²) in [5, 5.41) is 1.25. The SMILES string of the molecule is Cc1cc2ccccc2n1Cc1cccc(Oc2ccc(F)cc2)c1. The van der Waals surface area contributed by atoms with Crippen LogP contribution in [0.5, 0.6) is 11.5 Å². The van der Waals surface area contributed by atoms with Gasteiger partial charge in [-0.1, -0.05) is 30.3 Å². The smallest absolute Gasteiger partial charge is 0.127 e. The minimum atomic E-state index is -0.268. The van der Waals surface area contributed by atoms with Crippen molar-refractivity contribution in [1.82, 2.24) is 4.57 Å². The Morgan fingerprint density at radius 2 is 1.64 bits per heavy atom. The zero-order valence-electron chi connectivity index (χ0n) is 13.9. The molecule has 0 aliphatic rings. The molecule has 0 atom stereocenters. The number of ether oxygens (including phenoxy) is 1. The lowest BCUT2D eigenvalue weighted by molar-refractivity contribution is 0.479. The van der Waals surface area contributed by atoms with Crippen molar-refractivity contribution < 1.29 is 9.13 Å². The van der Waals surface area contributed by atoms with Crippen molar-refractivity contribution in [3.63, 3.8) is 0 Å². The highest BCUT2D eigenvalue weighted by atomic mass is 19.1. The number of fused-ring (bicyclic) bond motifs is 1. The number of halogens is 1. The van der Waals surface area contributed by atoms with Crippen LogP contribution in [0.1, 0.15) is 11.3 Å². The normalized spacial score (nSPS) is 11.0. The van der Waals surface area contributed by atoms with E-state index in [0.717, 1.165) is 17.9 Å². The van der Waals surface area contributed by atoms with Crippen LogP contribution in [-0.4, -0.2) is 4.57 Å². The summed E-state index contributed by atoms with van der Waals surface area (Å²) in [5.41, 5.74) is 3.61. The Morgan fingerprint density at radius 3 is 2.48 bits per heavy atom. The van der Waals surface area contributed by atoms with Crippen molar-refractivity contribution in [3.05, 3.63) is 95.9 Å². The highest BCUT2D eigenvalue weighted by molar-refractivity contribution is 5.81. The van der Waals surface area contributed by atoms with Crippen LogP contribution in [-0.2, 0) is 6.54 Å². The molecule has 0 aliphatic carbocycles. The summed E-state index contributed by atoms with van der Waals surface area (Å²) in [6, 6.07) is 24.7. The summed E-state index contributed by atoms with van der Waals surface area (Å²) in [5.74, 6) is 1.11. The van der Waals surface area contributed by atoms with Gasteiger partial charge in [0.15, 0.2) is 0 Å². The van der Waals surface area contributed by atoms with E-state index in [1.807, 2.05) is 18.2 Å². The summed E-state index contributed by atoms with van der Waals surface area (Å²) < 4.78 is 21.1. The molecule has 0 amide bonds. The first-order valence-corrected chi connectivity index (χ1v) is 8.26. The maximum absolute atomic E-state index is 13.0. The molecule has 124 valence electrons. The molecule has 4 rings (SSSR count). The molecule has 0 bridgehead atoms. The zero-order chi connectivity index (χ0) is 17.2. The zero-order valence-corrected chi connectivity index (χ0v) is 13.9. The van der Waals surface area contributed by atoms with Crippen LogP contribution >= 0.6 is 0 Å². The van der Waals surface area contributed by atoms with Gasteiger partial charge >= 0.3 is 0 Å². The van der Waals surface area contributed by atoms with E-state index in [4.69, 9.17) is 4.74 Å². The molecule has 25 heavy (non-hydrogen) atoms. The predicted octanol–water partition coefficient (Wildman–Crippen LogP) is 5.93. The van der Waals surface area contributed by atoms with Crippen LogP contribution in [0.25, 0.3) is 10.9 Å². The molecule has 0 unspecified atom stereocenters. The first-order chi connectivity index (χ1) is 12.2. The average Bonchev–Trinajstić information content (AvgIpc) is 2.93. The van der Waals surface area contributed by atoms with Crippen molar-refractivity contribution >= 4 is 10.9 Å². The van der Waals surface area contributed by atoms with Crippen LogP contribution in [0, 0.1) is 12.7 Å². The molecule has 1 heterocycles. The fourth-order valence-electron chi connectivity index (χ4n) is 3.09. The van der Waals surface area contributed by atoms with E-state index >= 15 is 0 Å². The molecule has 4 aromatic rings. The van der Waals surface area contributed by atoms with Crippen LogP contribution in [0.15, 0.2) is 78.9 Å². The molecule has 0 fully saturated rings. The van der Waals surface area contributed by atoms with Crippen LogP contribution in [0.2, 0.25) is 0 Å². The molecule has 0 saturated heterocycles. The number of hydrogen-bond donors (Lipinski definition) is 0. The van der Waals surface area contributed by atoms with Crippen molar-refractivity contribution in [2.45, 2.75) is 13.5 Å². The number of rotatable bonds is 4. The quantitative estimate of drug-likeness (QED) is 0.452. The largest absolute Gasteiger partial charge is 0.457 e. The van der Waals surface area contributed by atoms with Crippen LogP contribution < -0.4 is 4.74 Å². The van der Waals surface area contributed by atoms with Gasteiger partial charge in [0, 0.05) is 17.8 Å². The lowest BCUT2D eigenvalue weighted by Crippen LogP contribution is -2.01. The third kappa shape index (κ3) is 3.26. The fourth-order valence-corrected chi connectivity index (χ4v) is 3.09. The van der Waals surface area contributed by atoms with E-state index in [0.29, 0.717) is 5.75 Å². The standard InChI is InChI=1S/C22H18FNO/c1-16-13-18-6-2-3-8-22(18)24(16)15-17-5-4-7-21(14-17)25-20-11-9-19(23)10-12-20/h2-14H,15H2,1H3. The lowest BCUT2D eigenvalue weighted by Gasteiger charge is -2.11. The Bertz CT molecular complexity index is 1020. The molecule has 0 N–H and O–H groups in total. The minimum absolute atomic E-state index is 0.268. The Labute approximate surface area is 146 Å². The molecule has 3 aromatic carbocycles. The molecule has 0 radical (unpaired) electrons. The van der Waals surface area contributed by atoms with Crippen molar-refractivity contribution in [2.24, 2.45) is 0 Å². The number of aryl methyl sites for hydroxylation is 1. The average molecular weight is 331 g/mol. The van der Waals surface area contributed by atoms with E-state index in [1.54, 1.807) is 12.1 Å². The Kier molecular flexibility index (Phi) is 3.98. The molecule has 0 spiro atoms. The second kappa shape index (κ2) is 6.44. The van der Waals surface area contributed by atoms with Crippen molar-refractivity contribution in [2.75, 3.05) is 0 Å². The topological polar surface area (TPSA) is 14.2 Å². The van der Waals surface area contributed by atoms with E-state index in [1.165, 1.54) is 28.7 Å². The van der Waals surface area contributed by atoms with E-state index in [-0.39, 0.29) is 5.82 Å². The third-order valence-corrected chi connectivity index (χ3v) is 4.31. The number of hydrogen-bond acceptors (Lipinski definition) is 1. The lowest BCUT2D eigenvalue weighted by atomic mass is 10.2. The van der Waals surface area contributed by atoms with Gasteiger partial charge in [-0.15, -0.1) is 0 Å². The highest BCUT2D eigenvalue weighted by Gasteiger charge is 2.07. The number of nitrogens with zero attached hydrogens (tertiary/aromatic N) is 1. The molecule has 0 aliphatic heterocycles. The van der Waals surface area contributed by atoms with Crippen molar-refractivity contribution in [3.8, 4) is 11.5 Å². The maximum Gasteiger partial charge on any atom is 0.127 e. The molecule has 3 heteroatoms. The molecule has 1 aromatic heterocycles. The van der Waals surface area contributed by atoms with Gasteiger partial charge in [-0.2, -0.15) is 0 Å². The van der Waals surface area contributed by atoms with Gasteiger partial charge in [-0.25, -0.2) is 4.39 Å². The summed E-state index contributed by atoms with van der Waals surface area (Å²) in [6.45, 7) is 2.90. The monoisotopic (exact) mass is 331 g/mol. The van der Waals surface area contributed by atoms with E-state index < -0.39 is 0 Å². The predicted molar refractivity (Wildman–Crippen MR) is 98.7 cm³/mol. The third-order valence-electron chi connectivity index (χ3n) is 4.31. The van der Waals surface area contributed by atoms with Crippen LogP contribution in [0.4, 0.5) is 4.39 Å². The summed E-state index contributed by atoms with van der Waals surface area (Å²) >= 11 is 0. The summed E-state index contributed by atoms with van der Waals surface area (Å²) in [6.07, 6.45) is 0.